The van der Waals surface area contributed by atoms with Crippen molar-refractivity contribution < 1.29 is 41.1 Å². The van der Waals surface area contributed by atoms with E-state index < -0.39 is 30.3 Å². The van der Waals surface area contributed by atoms with Crippen molar-refractivity contribution in [1.29, 1.82) is 0 Å². The average Bonchev–Trinajstić information content (AvgIpc) is 3.33. The van der Waals surface area contributed by atoms with E-state index in [1.165, 1.54) is 0 Å². The highest BCUT2D eigenvalue weighted by Gasteiger charge is 2.49. The predicted molar refractivity (Wildman–Crippen MR) is 184 cm³/mol. The monoisotopic (exact) mass is 690 g/mol. The molecule has 0 radical (unpaired) electrons. The highest BCUT2D eigenvalue weighted by molar-refractivity contribution is 7.86. The van der Waals surface area contributed by atoms with Gasteiger partial charge in [0, 0.05) is 32.0 Å². The van der Waals surface area contributed by atoms with Crippen LogP contribution in [-0.4, -0.2) is 77.8 Å². The molecule has 2 heterocycles. The average molecular weight is 691 g/mol. The van der Waals surface area contributed by atoms with E-state index in [9.17, 15) is 8.42 Å². The van der Waals surface area contributed by atoms with Gasteiger partial charge in [0.25, 0.3) is 10.1 Å². The second-order valence-electron chi connectivity index (χ2n) is 14.3. The topological polar surface area (TPSA) is 110 Å². The van der Waals surface area contributed by atoms with Crippen molar-refractivity contribution in [1.82, 2.24) is 0 Å². The van der Waals surface area contributed by atoms with E-state index in [1.807, 2.05) is 30.3 Å². The molecule has 0 amide bonds. The van der Waals surface area contributed by atoms with Gasteiger partial charge in [-0.15, -0.1) is 5.92 Å². The molecule has 1 N–H and O–H groups in total. The molecule has 1 aromatic carbocycles. The van der Waals surface area contributed by atoms with Gasteiger partial charge in [0.15, 0.2) is 27.0 Å². The lowest BCUT2D eigenvalue weighted by Gasteiger charge is -2.40. The summed E-state index contributed by atoms with van der Waals surface area (Å²) in [6.45, 7) is 12.8. The van der Waals surface area contributed by atoms with Crippen molar-refractivity contribution in [2.75, 3.05) is 25.6 Å². The van der Waals surface area contributed by atoms with Gasteiger partial charge < -0.3 is 28.1 Å². The fourth-order valence-electron chi connectivity index (χ4n) is 5.93. The lowest BCUT2D eigenvalue weighted by Crippen LogP contribution is -2.45. The number of benzene rings is 1. The van der Waals surface area contributed by atoms with Crippen molar-refractivity contribution >= 4 is 18.4 Å². The van der Waals surface area contributed by atoms with E-state index in [2.05, 4.69) is 57.5 Å². The van der Waals surface area contributed by atoms with Gasteiger partial charge in [-0.2, -0.15) is 8.42 Å². The van der Waals surface area contributed by atoms with Crippen LogP contribution in [0.2, 0.25) is 18.1 Å². The van der Waals surface area contributed by atoms with Gasteiger partial charge in [0.2, 0.25) is 0 Å². The van der Waals surface area contributed by atoms with Gasteiger partial charge in [-0.3, -0.25) is 4.55 Å². The van der Waals surface area contributed by atoms with Gasteiger partial charge in [0.05, 0.1) is 18.1 Å². The number of hydrogen-bond acceptors (Lipinski definition) is 8. The summed E-state index contributed by atoms with van der Waals surface area (Å²) >= 11 is 0. The maximum atomic E-state index is 11.2. The molecule has 1 aliphatic carbocycles. The fraction of sp³-hybridized carbons (Fsp3) is 0.722. The van der Waals surface area contributed by atoms with Crippen LogP contribution in [-0.2, 0) is 33.5 Å². The van der Waals surface area contributed by atoms with Crippen LogP contribution in [0.15, 0.2) is 30.3 Å². The molecule has 1 aromatic rings. The molecule has 3 aliphatic rings. The van der Waals surface area contributed by atoms with Crippen LogP contribution >= 0.6 is 0 Å². The van der Waals surface area contributed by atoms with Crippen LogP contribution in [0.5, 0.6) is 5.75 Å². The first-order valence-electron chi connectivity index (χ1n) is 17.1. The molecule has 0 bridgehead atoms. The molecule has 2 unspecified atom stereocenters. The fourth-order valence-corrected chi connectivity index (χ4v) is 7.60. The minimum atomic E-state index is -4.15. The normalized spacial score (nSPS) is 27.6. The van der Waals surface area contributed by atoms with Gasteiger partial charge in [-0.1, -0.05) is 56.7 Å². The Balaban J connectivity index is 1.63. The molecule has 2 saturated heterocycles. The lowest BCUT2D eigenvalue weighted by molar-refractivity contribution is -0.192. The molecule has 1 saturated carbocycles. The Morgan fingerprint density at radius 2 is 1.66 bits per heavy atom. The van der Waals surface area contributed by atoms with E-state index in [1.54, 1.807) is 0 Å². The van der Waals surface area contributed by atoms with Crippen molar-refractivity contribution in [3.05, 3.63) is 30.3 Å². The number of ether oxygens (including phenoxy) is 5. The third-order valence-corrected chi connectivity index (χ3v) is 14.5. The van der Waals surface area contributed by atoms with E-state index in [-0.39, 0.29) is 48.3 Å². The summed E-state index contributed by atoms with van der Waals surface area (Å²) in [5.41, 5.74) is 0. The summed E-state index contributed by atoms with van der Waals surface area (Å²) in [5, 5.41) is 0.00709. The first-order valence-corrected chi connectivity index (χ1v) is 21.6. The summed E-state index contributed by atoms with van der Waals surface area (Å²) in [6, 6.07) is 9.63. The molecule has 0 aromatic heterocycles. The van der Waals surface area contributed by atoms with Gasteiger partial charge in [-0.05, 0) is 75.2 Å². The zero-order chi connectivity index (χ0) is 33.9. The number of para-hydroxylation sites is 1. The van der Waals surface area contributed by atoms with Crippen LogP contribution in [0, 0.1) is 35.5 Å². The molecule has 2 aliphatic heterocycles. The maximum absolute atomic E-state index is 11.2. The molecule has 262 valence electrons. The molecule has 4 rings (SSSR count). The first-order chi connectivity index (χ1) is 22.3. The van der Waals surface area contributed by atoms with Crippen molar-refractivity contribution in [3.63, 3.8) is 0 Å². The molecular formula is C36H54O9SSi. The van der Waals surface area contributed by atoms with E-state index in [0.29, 0.717) is 32.5 Å². The van der Waals surface area contributed by atoms with Crippen molar-refractivity contribution in [2.45, 2.75) is 128 Å². The minimum Gasteiger partial charge on any atom is -0.490 e. The van der Waals surface area contributed by atoms with Crippen LogP contribution in [0.1, 0.15) is 78.6 Å². The van der Waals surface area contributed by atoms with Gasteiger partial charge >= 0.3 is 0 Å². The van der Waals surface area contributed by atoms with Crippen molar-refractivity contribution in [3.8, 4) is 29.4 Å². The zero-order valence-corrected chi connectivity index (χ0v) is 30.6. The SMILES string of the molecule is CC(C)(C)[Si](C)(C)O[C@@H]1C[C@@H](OC2CCCCO2)[C@@H](C#C[C@@H](COc2ccccc2)OC2CCCCO2)[C@@H]1CCC#CCS(=O)(=O)O. The maximum Gasteiger partial charge on any atom is 0.276 e. The summed E-state index contributed by atoms with van der Waals surface area (Å²) < 4.78 is 69.7. The molecule has 47 heavy (non-hydrogen) atoms. The Bertz CT molecular complexity index is 1330. The molecular weight excluding hydrogens is 637 g/mol. The zero-order valence-electron chi connectivity index (χ0n) is 28.7. The van der Waals surface area contributed by atoms with Gasteiger partial charge in [0.1, 0.15) is 18.1 Å². The van der Waals surface area contributed by atoms with E-state index in [4.69, 9.17) is 32.7 Å². The molecule has 3 fully saturated rings. The van der Waals surface area contributed by atoms with E-state index >= 15 is 0 Å². The second kappa shape index (κ2) is 17.6. The van der Waals surface area contributed by atoms with Crippen LogP contribution in [0.25, 0.3) is 0 Å². The summed E-state index contributed by atoms with van der Waals surface area (Å²) in [4.78, 5) is 0. The Hall–Kier alpha value is -1.93. The van der Waals surface area contributed by atoms with Crippen LogP contribution < -0.4 is 4.74 Å². The van der Waals surface area contributed by atoms with Gasteiger partial charge in [-0.25, -0.2) is 0 Å². The third kappa shape index (κ3) is 12.5. The second-order valence-corrected chi connectivity index (χ2v) is 20.5. The molecule has 11 heteroatoms. The summed E-state index contributed by atoms with van der Waals surface area (Å²) in [6.07, 6.45) is 6.05. The first kappa shape index (κ1) is 37.9. The number of hydrogen-bond donors (Lipinski definition) is 1. The summed E-state index contributed by atoms with van der Waals surface area (Å²) in [5.74, 6) is 12.5. The largest absolute Gasteiger partial charge is 0.490 e. The third-order valence-electron chi connectivity index (χ3n) is 9.51. The predicted octanol–water partition coefficient (Wildman–Crippen LogP) is 6.59. The van der Waals surface area contributed by atoms with Crippen LogP contribution in [0.4, 0.5) is 0 Å². The quantitative estimate of drug-likeness (QED) is 0.148. The van der Waals surface area contributed by atoms with Crippen LogP contribution in [0.3, 0.4) is 0 Å². The number of rotatable bonds is 12. The molecule has 9 nitrogen and oxygen atoms in total. The Labute approximate surface area is 283 Å². The lowest BCUT2D eigenvalue weighted by atomic mass is 9.89. The Morgan fingerprint density at radius 1 is 0.979 bits per heavy atom. The highest BCUT2D eigenvalue weighted by atomic mass is 32.2. The highest BCUT2D eigenvalue weighted by Crippen LogP contribution is 2.45. The summed E-state index contributed by atoms with van der Waals surface area (Å²) in [7, 11) is -6.32. The minimum absolute atomic E-state index is 0.00709. The van der Waals surface area contributed by atoms with E-state index in [0.717, 1.165) is 44.3 Å². The molecule has 0 spiro atoms. The Kier molecular flexibility index (Phi) is 14.2. The standard InChI is InChI=1S/C36H54O9SSi/c1-36(2,3)47(4,5)45-33-26-32(44-35-20-12-14-24-41-35)31(30(33)18-10-7-15-25-46(37,38)39)22-21-29(43-34-19-11-13-23-40-34)27-42-28-16-8-6-9-17-28/h6,8-9,16-17,29-35H,10-14,18-20,23-27H2,1-5H3,(H,37,38,39)/t29-,30-,31-,32+,33+,34?,35?/m0/s1. The molecule has 7 atom stereocenters. The smallest absolute Gasteiger partial charge is 0.276 e. The Morgan fingerprint density at radius 3 is 2.28 bits per heavy atom. The van der Waals surface area contributed by atoms with Crippen molar-refractivity contribution in [2.24, 2.45) is 11.8 Å².